The van der Waals surface area contributed by atoms with Crippen molar-refractivity contribution in [3.8, 4) is 5.75 Å². The van der Waals surface area contributed by atoms with Crippen LogP contribution in [-0.2, 0) is 6.54 Å². The zero-order chi connectivity index (χ0) is 16.4. The van der Waals surface area contributed by atoms with Gasteiger partial charge in [0.25, 0.3) is 5.69 Å². The molecule has 0 saturated heterocycles. The van der Waals surface area contributed by atoms with Gasteiger partial charge in [0.15, 0.2) is 17.2 Å². The zero-order valence-corrected chi connectivity index (χ0v) is 12.1. The minimum absolute atomic E-state index is 0.0722. The van der Waals surface area contributed by atoms with E-state index < -0.39 is 10.7 Å². The van der Waals surface area contributed by atoms with Crippen LogP contribution in [0, 0.1) is 15.9 Å². The van der Waals surface area contributed by atoms with E-state index in [0.717, 1.165) is 11.8 Å². The number of anilines is 1. The van der Waals surface area contributed by atoms with Crippen molar-refractivity contribution in [3.05, 3.63) is 58.3 Å². The summed E-state index contributed by atoms with van der Waals surface area (Å²) in [6, 6.07) is 5.57. The number of aromatic nitrogens is 3. The molecule has 1 aromatic carbocycles. The highest BCUT2D eigenvalue weighted by molar-refractivity contribution is 5.64. The number of fused-ring (bicyclic) bond motifs is 1. The standard InChI is InChI=1S/C14H12FN5O3/c1-23-13-7-11(12(20(21)22)6-10(13)15)17-8-9-2-4-16-14-3-5-18-19(9)14/h2-7,17H,8H2,1H3. The van der Waals surface area contributed by atoms with Gasteiger partial charge in [-0.25, -0.2) is 13.9 Å². The molecule has 118 valence electrons. The van der Waals surface area contributed by atoms with Gasteiger partial charge in [-0.15, -0.1) is 0 Å². The van der Waals surface area contributed by atoms with Gasteiger partial charge >= 0.3 is 0 Å². The maximum atomic E-state index is 13.6. The molecule has 0 unspecified atom stereocenters. The minimum atomic E-state index is -0.789. The molecule has 2 heterocycles. The van der Waals surface area contributed by atoms with Crippen molar-refractivity contribution >= 4 is 17.0 Å². The monoisotopic (exact) mass is 317 g/mol. The Balaban J connectivity index is 1.93. The SMILES string of the molecule is COc1cc(NCc2ccnc3ccnn23)c([N+](=O)[O-])cc1F. The van der Waals surface area contributed by atoms with E-state index in [1.54, 1.807) is 29.0 Å². The number of benzene rings is 1. The Morgan fingerprint density at radius 2 is 2.22 bits per heavy atom. The first-order chi connectivity index (χ1) is 11.1. The first-order valence-electron chi connectivity index (χ1n) is 6.63. The molecule has 0 aliphatic carbocycles. The summed E-state index contributed by atoms with van der Waals surface area (Å²) in [4.78, 5) is 14.6. The van der Waals surface area contributed by atoms with Crippen LogP contribution in [0.2, 0.25) is 0 Å². The number of hydrogen-bond acceptors (Lipinski definition) is 6. The van der Waals surface area contributed by atoms with Crippen molar-refractivity contribution in [2.24, 2.45) is 0 Å². The van der Waals surface area contributed by atoms with Gasteiger partial charge in [-0.1, -0.05) is 0 Å². The second-order valence-corrected chi connectivity index (χ2v) is 4.65. The Bertz CT molecular complexity index is 880. The van der Waals surface area contributed by atoms with Gasteiger partial charge in [-0.3, -0.25) is 10.1 Å². The van der Waals surface area contributed by atoms with E-state index in [0.29, 0.717) is 5.65 Å². The van der Waals surface area contributed by atoms with Crippen molar-refractivity contribution in [3.63, 3.8) is 0 Å². The molecular formula is C14H12FN5O3. The fraction of sp³-hybridized carbons (Fsp3) is 0.143. The first kappa shape index (κ1) is 14.7. The van der Waals surface area contributed by atoms with E-state index in [1.165, 1.54) is 13.2 Å². The van der Waals surface area contributed by atoms with Crippen LogP contribution in [0.15, 0.2) is 36.7 Å². The predicted octanol–water partition coefficient (Wildman–Crippen LogP) is 2.40. The highest BCUT2D eigenvalue weighted by atomic mass is 19.1. The molecule has 0 radical (unpaired) electrons. The van der Waals surface area contributed by atoms with Crippen LogP contribution in [-0.4, -0.2) is 26.6 Å². The third-order valence-corrected chi connectivity index (χ3v) is 3.30. The van der Waals surface area contributed by atoms with E-state index in [1.807, 2.05) is 0 Å². The smallest absolute Gasteiger partial charge is 0.295 e. The quantitative estimate of drug-likeness (QED) is 0.573. The average molecular weight is 317 g/mol. The van der Waals surface area contributed by atoms with E-state index in [9.17, 15) is 14.5 Å². The molecule has 3 rings (SSSR count). The van der Waals surface area contributed by atoms with Crippen molar-refractivity contribution in [1.29, 1.82) is 0 Å². The summed E-state index contributed by atoms with van der Waals surface area (Å²) in [6.07, 6.45) is 3.23. The highest BCUT2D eigenvalue weighted by Gasteiger charge is 2.19. The van der Waals surface area contributed by atoms with Crippen molar-refractivity contribution in [1.82, 2.24) is 14.6 Å². The van der Waals surface area contributed by atoms with Gasteiger partial charge in [-0.05, 0) is 6.07 Å². The van der Waals surface area contributed by atoms with E-state index in [-0.39, 0.29) is 23.7 Å². The lowest BCUT2D eigenvalue weighted by Crippen LogP contribution is -2.08. The summed E-state index contributed by atoms with van der Waals surface area (Å²) < 4.78 is 20.1. The van der Waals surface area contributed by atoms with Crippen LogP contribution in [0.4, 0.5) is 15.8 Å². The molecule has 0 bridgehead atoms. The molecule has 0 saturated carbocycles. The predicted molar refractivity (Wildman–Crippen MR) is 79.9 cm³/mol. The number of nitrogens with one attached hydrogen (secondary N) is 1. The van der Waals surface area contributed by atoms with Gasteiger partial charge in [-0.2, -0.15) is 5.10 Å². The zero-order valence-electron chi connectivity index (χ0n) is 12.1. The largest absolute Gasteiger partial charge is 0.494 e. The van der Waals surface area contributed by atoms with Crippen LogP contribution in [0.1, 0.15) is 5.69 Å². The van der Waals surface area contributed by atoms with Gasteiger partial charge in [0.05, 0.1) is 36.5 Å². The van der Waals surface area contributed by atoms with Crippen LogP contribution in [0.5, 0.6) is 5.75 Å². The average Bonchev–Trinajstić information content (AvgIpc) is 3.02. The summed E-state index contributed by atoms with van der Waals surface area (Å²) >= 11 is 0. The first-order valence-corrected chi connectivity index (χ1v) is 6.63. The number of rotatable bonds is 5. The van der Waals surface area contributed by atoms with Crippen molar-refractivity contribution in [2.45, 2.75) is 6.54 Å². The highest BCUT2D eigenvalue weighted by Crippen LogP contribution is 2.32. The molecule has 0 spiro atoms. The van der Waals surface area contributed by atoms with E-state index in [2.05, 4.69) is 15.4 Å². The lowest BCUT2D eigenvalue weighted by molar-refractivity contribution is -0.384. The Labute approximate surface area is 129 Å². The van der Waals surface area contributed by atoms with E-state index >= 15 is 0 Å². The Morgan fingerprint density at radius 1 is 1.39 bits per heavy atom. The number of nitro benzene ring substituents is 1. The number of hydrogen-bond donors (Lipinski definition) is 1. The Hall–Kier alpha value is -3.23. The lowest BCUT2D eigenvalue weighted by Gasteiger charge is -2.10. The van der Waals surface area contributed by atoms with Crippen LogP contribution in [0.3, 0.4) is 0 Å². The molecule has 1 N–H and O–H groups in total. The molecule has 23 heavy (non-hydrogen) atoms. The number of halogens is 1. The molecule has 9 heteroatoms. The number of ether oxygens (including phenoxy) is 1. The van der Waals surface area contributed by atoms with Crippen LogP contribution < -0.4 is 10.1 Å². The molecular weight excluding hydrogens is 305 g/mol. The number of methoxy groups -OCH3 is 1. The third-order valence-electron chi connectivity index (χ3n) is 3.30. The molecule has 0 fully saturated rings. The van der Waals surface area contributed by atoms with Crippen molar-refractivity contribution < 1.29 is 14.1 Å². The van der Waals surface area contributed by atoms with Gasteiger partial charge in [0.1, 0.15) is 5.69 Å². The topological polar surface area (TPSA) is 94.6 Å². The second kappa shape index (κ2) is 5.87. The molecule has 8 nitrogen and oxygen atoms in total. The molecule has 0 aliphatic rings. The fourth-order valence-corrected chi connectivity index (χ4v) is 2.20. The van der Waals surface area contributed by atoms with E-state index in [4.69, 9.17) is 4.74 Å². The molecule has 0 atom stereocenters. The van der Waals surface area contributed by atoms with Gasteiger partial charge in [0.2, 0.25) is 0 Å². The Morgan fingerprint density at radius 3 is 2.96 bits per heavy atom. The lowest BCUT2D eigenvalue weighted by atomic mass is 10.2. The second-order valence-electron chi connectivity index (χ2n) is 4.65. The summed E-state index contributed by atoms with van der Waals surface area (Å²) in [5, 5.41) is 18.1. The normalized spacial score (nSPS) is 10.7. The molecule has 3 aromatic rings. The summed E-state index contributed by atoms with van der Waals surface area (Å²) in [7, 11) is 1.30. The number of nitrogens with zero attached hydrogens (tertiary/aromatic N) is 4. The Kier molecular flexibility index (Phi) is 3.75. The van der Waals surface area contributed by atoms with Crippen LogP contribution >= 0.6 is 0 Å². The molecule has 2 aromatic heterocycles. The third kappa shape index (κ3) is 2.76. The molecule has 0 amide bonds. The summed E-state index contributed by atoms with van der Waals surface area (Å²) in [5.41, 5.74) is 1.20. The summed E-state index contributed by atoms with van der Waals surface area (Å²) in [5.74, 6) is -0.861. The summed E-state index contributed by atoms with van der Waals surface area (Å²) in [6.45, 7) is 0.246. The maximum absolute atomic E-state index is 13.6. The van der Waals surface area contributed by atoms with Crippen LogP contribution in [0.25, 0.3) is 5.65 Å². The van der Waals surface area contributed by atoms with Gasteiger partial charge in [0, 0.05) is 18.3 Å². The minimum Gasteiger partial charge on any atom is -0.494 e. The van der Waals surface area contributed by atoms with Crippen molar-refractivity contribution in [2.75, 3.05) is 12.4 Å². The fourth-order valence-electron chi connectivity index (χ4n) is 2.20. The maximum Gasteiger partial charge on any atom is 0.295 e. The van der Waals surface area contributed by atoms with Gasteiger partial charge < -0.3 is 10.1 Å². The molecule has 0 aliphatic heterocycles. The number of nitro groups is 1.